The van der Waals surface area contributed by atoms with E-state index < -0.39 is 0 Å². The number of nitrogens with zero attached hydrogens (tertiary/aromatic N) is 3. The van der Waals surface area contributed by atoms with Crippen LogP contribution in [-0.2, 0) is 4.79 Å². The van der Waals surface area contributed by atoms with Crippen LogP contribution in [0.3, 0.4) is 0 Å². The van der Waals surface area contributed by atoms with Crippen molar-refractivity contribution in [3.8, 4) is 0 Å². The number of hydrogen-bond acceptors (Lipinski definition) is 4. The van der Waals surface area contributed by atoms with Gasteiger partial charge in [-0.15, -0.1) is 0 Å². The molecule has 2 N–H and O–H groups in total. The molecule has 1 atom stereocenters. The van der Waals surface area contributed by atoms with Crippen molar-refractivity contribution in [2.24, 2.45) is 0 Å². The summed E-state index contributed by atoms with van der Waals surface area (Å²) < 4.78 is 13.4. The van der Waals surface area contributed by atoms with Gasteiger partial charge in [0.25, 0.3) is 0 Å². The molecule has 0 aliphatic carbocycles. The maximum absolute atomic E-state index is 13.4. The van der Waals surface area contributed by atoms with Gasteiger partial charge in [-0.2, -0.15) is 0 Å². The van der Waals surface area contributed by atoms with Gasteiger partial charge in [-0.3, -0.25) is 14.7 Å². The van der Waals surface area contributed by atoms with E-state index in [0.717, 1.165) is 37.1 Å². The van der Waals surface area contributed by atoms with Crippen molar-refractivity contribution in [1.29, 1.82) is 0 Å². The van der Waals surface area contributed by atoms with Gasteiger partial charge in [0.1, 0.15) is 11.6 Å². The lowest BCUT2D eigenvalue weighted by molar-refractivity contribution is -0.116. The number of benzene rings is 1. The third-order valence-corrected chi connectivity index (χ3v) is 4.96. The molecule has 3 aromatic rings. The zero-order valence-corrected chi connectivity index (χ0v) is 15.0. The third-order valence-electron chi connectivity index (χ3n) is 4.96. The molecule has 0 spiro atoms. The fraction of sp³-hybridized carbons (Fsp3) is 0.350. The Kier molecular flexibility index (Phi) is 5.11. The fourth-order valence-electron chi connectivity index (χ4n) is 3.63. The predicted octanol–water partition coefficient (Wildman–Crippen LogP) is 3.65. The number of likely N-dealkylation sites (tertiary alicyclic amines) is 1. The Morgan fingerprint density at radius 1 is 1.33 bits per heavy atom. The van der Waals surface area contributed by atoms with Gasteiger partial charge in [0, 0.05) is 19.2 Å². The van der Waals surface area contributed by atoms with Crippen molar-refractivity contribution in [3.63, 3.8) is 0 Å². The second-order valence-corrected chi connectivity index (χ2v) is 6.87. The Morgan fingerprint density at radius 3 is 3.11 bits per heavy atom. The lowest BCUT2D eigenvalue weighted by Gasteiger charge is -2.34. The van der Waals surface area contributed by atoms with Gasteiger partial charge in [0.15, 0.2) is 0 Å². The van der Waals surface area contributed by atoms with E-state index in [2.05, 4.69) is 25.2 Å². The third kappa shape index (κ3) is 4.14. The zero-order chi connectivity index (χ0) is 18.6. The molecule has 1 aromatic carbocycles. The number of imidazole rings is 1. The molecule has 1 aliphatic rings. The molecule has 2 aromatic heterocycles. The number of amides is 1. The number of carbonyl (C=O) groups excluding carboxylic acids is 1. The van der Waals surface area contributed by atoms with Crippen molar-refractivity contribution in [2.45, 2.75) is 31.7 Å². The molecule has 1 unspecified atom stereocenters. The van der Waals surface area contributed by atoms with E-state index in [1.807, 2.05) is 6.07 Å². The standard InChI is InChI=1S/C20H22FN5O/c21-14-6-7-16-17(12-14)25-20(24-16)18-5-1-2-10-26(18)11-8-19(27)23-15-4-3-9-22-13-15/h3-4,6-7,9,12-13,18H,1-2,5,8,10-11H2,(H,23,27)(H,24,25). The highest BCUT2D eigenvalue weighted by Crippen LogP contribution is 2.30. The number of H-pyrrole nitrogens is 1. The maximum atomic E-state index is 13.4. The number of hydrogen-bond donors (Lipinski definition) is 2. The Balaban J connectivity index is 1.43. The number of pyridine rings is 1. The number of halogens is 1. The van der Waals surface area contributed by atoms with Crippen LogP contribution in [0.5, 0.6) is 0 Å². The molecule has 1 fully saturated rings. The molecule has 0 saturated carbocycles. The van der Waals surface area contributed by atoms with Crippen molar-refractivity contribution >= 4 is 22.6 Å². The van der Waals surface area contributed by atoms with Gasteiger partial charge in [-0.05, 0) is 49.7 Å². The summed E-state index contributed by atoms with van der Waals surface area (Å²) in [5.41, 5.74) is 2.19. The quantitative estimate of drug-likeness (QED) is 0.722. The average molecular weight is 367 g/mol. The van der Waals surface area contributed by atoms with E-state index in [0.29, 0.717) is 24.2 Å². The molecule has 140 valence electrons. The second-order valence-electron chi connectivity index (χ2n) is 6.87. The van der Waals surface area contributed by atoms with Crippen LogP contribution in [-0.4, -0.2) is 38.8 Å². The fourth-order valence-corrected chi connectivity index (χ4v) is 3.63. The number of aromatic amines is 1. The van der Waals surface area contributed by atoms with Crippen molar-refractivity contribution in [1.82, 2.24) is 19.9 Å². The number of anilines is 1. The van der Waals surface area contributed by atoms with Gasteiger partial charge in [-0.25, -0.2) is 9.37 Å². The first-order valence-corrected chi connectivity index (χ1v) is 9.28. The van der Waals surface area contributed by atoms with Crippen LogP contribution in [0.15, 0.2) is 42.7 Å². The van der Waals surface area contributed by atoms with Crippen LogP contribution in [0.2, 0.25) is 0 Å². The number of rotatable bonds is 5. The minimum atomic E-state index is -0.273. The van der Waals surface area contributed by atoms with E-state index in [1.165, 1.54) is 12.1 Å². The normalized spacial score (nSPS) is 17.9. The summed E-state index contributed by atoms with van der Waals surface area (Å²) >= 11 is 0. The second kappa shape index (κ2) is 7.84. The lowest BCUT2D eigenvalue weighted by atomic mass is 10.0. The SMILES string of the molecule is O=C(CCN1CCCCC1c1nc2ccc(F)cc2[nH]1)Nc1cccnc1. The van der Waals surface area contributed by atoms with E-state index in [4.69, 9.17) is 0 Å². The summed E-state index contributed by atoms with van der Waals surface area (Å²) in [4.78, 5) is 26.5. The average Bonchev–Trinajstić information content (AvgIpc) is 3.10. The molecular formula is C20H22FN5O. The monoisotopic (exact) mass is 367 g/mol. The van der Waals surface area contributed by atoms with Crippen LogP contribution in [0, 0.1) is 5.82 Å². The molecule has 4 rings (SSSR count). The van der Waals surface area contributed by atoms with Gasteiger partial charge in [0.05, 0.1) is 29.0 Å². The smallest absolute Gasteiger partial charge is 0.225 e. The molecule has 3 heterocycles. The highest BCUT2D eigenvalue weighted by atomic mass is 19.1. The molecular weight excluding hydrogens is 345 g/mol. The first-order chi connectivity index (χ1) is 13.2. The maximum Gasteiger partial charge on any atom is 0.225 e. The van der Waals surface area contributed by atoms with Crippen molar-refractivity contribution in [3.05, 3.63) is 54.4 Å². The first kappa shape index (κ1) is 17.6. The van der Waals surface area contributed by atoms with Crippen LogP contribution < -0.4 is 5.32 Å². The molecule has 1 saturated heterocycles. The van der Waals surface area contributed by atoms with E-state index in [9.17, 15) is 9.18 Å². The van der Waals surface area contributed by atoms with Crippen LogP contribution in [0.4, 0.5) is 10.1 Å². The van der Waals surface area contributed by atoms with E-state index >= 15 is 0 Å². The summed E-state index contributed by atoms with van der Waals surface area (Å²) in [6.45, 7) is 1.58. The molecule has 27 heavy (non-hydrogen) atoms. The lowest BCUT2D eigenvalue weighted by Crippen LogP contribution is -2.36. The molecule has 1 amide bonds. The number of fused-ring (bicyclic) bond motifs is 1. The van der Waals surface area contributed by atoms with Gasteiger partial charge in [0.2, 0.25) is 5.91 Å². The minimum Gasteiger partial charge on any atom is -0.341 e. The van der Waals surface area contributed by atoms with E-state index in [1.54, 1.807) is 24.5 Å². The Morgan fingerprint density at radius 2 is 2.26 bits per heavy atom. The topological polar surface area (TPSA) is 73.9 Å². The number of aromatic nitrogens is 3. The molecule has 0 radical (unpaired) electrons. The van der Waals surface area contributed by atoms with Gasteiger partial charge < -0.3 is 10.3 Å². The summed E-state index contributed by atoms with van der Waals surface area (Å²) in [5, 5.41) is 2.87. The summed E-state index contributed by atoms with van der Waals surface area (Å²) in [7, 11) is 0. The molecule has 1 aliphatic heterocycles. The Hall–Kier alpha value is -2.80. The van der Waals surface area contributed by atoms with Crippen LogP contribution >= 0.6 is 0 Å². The van der Waals surface area contributed by atoms with Gasteiger partial charge >= 0.3 is 0 Å². The summed E-state index contributed by atoms with van der Waals surface area (Å²) in [6.07, 6.45) is 6.92. The highest BCUT2D eigenvalue weighted by molar-refractivity contribution is 5.90. The zero-order valence-electron chi connectivity index (χ0n) is 15.0. The minimum absolute atomic E-state index is 0.0287. The highest BCUT2D eigenvalue weighted by Gasteiger charge is 2.26. The number of carbonyl (C=O) groups is 1. The Labute approximate surface area is 156 Å². The summed E-state index contributed by atoms with van der Waals surface area (Å²) in [6, 6.07) is 8.33. The van der Waals surface area contributed by atoms with Crippen molar-refractivity contribution < 1.29 is 9.18 Å². The number of piperidine rings is 1. The predicted molar refractivity (Wildman–Crippen MR) is 102 cm³/mol. The largest absolute Gasteiger partial charge is 0.341 e. The summed E-state index contributed by atoms with van der Waals surface area (Å²) in [5.74, 6) is 0.548. The molecule has 0 bridgehead atoms. The first-order valence-electron chi connectivity index (χ1n) is 9.28. The van der Waals surface area contributed by atoms with E-state index in [-0.39, 0.29) is 17.8 Å². The van der Waals surface area contributed by atoms with Gasteiger partial charge in [-0.1, -0.05) is 6.42 Å². The Bertz CT molecular complexity index is 927. The molecule has 7 heteroatoms. The van der Waals surface area contributed by atoms with Crippen LogP contribution in [0.1, 0.15) is 37.5 Å². The molecule has 6 nitrogen and oxygen atoms in total. The number of nitrogens with one attached hydrogen (secondary N) is 2. The van der Waals surface area contributed by atoms with Crippen LogP contribution in [0.25, 0.3) is 11.0 Å². The van der Waals surface area contributed by atoms with Crippen molar-refractivity contribution in [2.75, 3.05) is 18.4 Å².